The van der Waals surface area contributed by atoms with Gasteiger partial charge in [0.05, 0.1) is 18.4 Å². The van der Waals surface area contributed by atoms with Crippen molar-refractivity contribution in [2.75, 3.05) is 22.6 Å². The number of halogens is 3. The summed E-state index contributed by atoms with van der Waals surface area (Å²) >= 11 is 0. The van der Waals surface area contributed by atoms with Crippen molar-refractivity contribution in [3.8, 4) is 0 Å². The molecule has 4 heterocycles. The molecule has 12 heteroatoms. The van der Waals surface area contributed by atoms with Gasteiger partial charge >= 0.3 is 6.18 Å². The number of hydrogen-bond acceptors (Lipinski definition) is 7. The first-order chi connectivity index (χ1) is 16.0. The molecule has 0 unspecified atom stereocenters. The van der Waals surface area contributed by atoms with Crippen molar-refractivity contribution in [1.82, 2.24) is 24.7 Å². The summed E-state index contributed by atoms with van der Waals surface area (Å²) in [4.78, 5) is 26.9. The van der Waals surface area contributed by atoms with Crippen LogP contribution in [0.1, 0.15) is 36.4 Å². The molecule has 180 valence electrons. The van der Waals surface area contributed by atoms with Crippen LogP contribution in [0.25, 0.3) is 0 Å². The van der Waals surface area contributed by atoms with Crippen molar-refractivity contribution in [2.45, 2.75) is 46.1 Å². The predicted octanol–water partition coefficient (Wildman–Crippen LogP) is 3.47. The molecule has 0 spiro atoms. The average molecular weight is 474 g/mol. The molecule has 0 saturated carbocycles. The number of aryl methyl sites for hydroxylation is 1. The number of carbonyl (C=O) groups is 1. The number of nitrogens with one attached hydrogen (secondary N) is 2. The number of aromatic nitrogens is 5. The molecule has 1 aliphatic rings. The molecule has 0 radical (unpaired) electrons. The van der Waals surface area contributed by atoms with E-state index in [9.17, 15) is 18.0 Å². The molecule has 0 fully saturated rings. The van der Waals surface area contributed by atoms with E-state index >= 15 is 0 Å². The number of fused-ring (bicyclic) bond motifs is 1. The average Bonchev–Trinajstić information content (AvgIpc) is 3.20. The van der Waals surface area contributed by atoms with Crippen molar-refractivity contribution in [3.05, 3.63) is 53.2 Å². The molecule has 34 heavy (non-hydrogen) atoms. The van der Waals surface area contributed by atoms with Crippen LogP contribution >= 0.6 is 0 Å². The second-order valence-corrected chi connectivity index (χ2v) is 8.57. The van der Waals surface area contributed by atoms with Gasteiger partial charge in [0.25, 0.3) is 0 Å². The van der Waals surface area contributed by atoms with Crippen molar-refractivity contribution in [3.63, 3.8) is 0 Å². The van der Waals surface area contributed by atoms with Crippen LogP contribution in [0.4, 0.5) is 30.6 Å². The first-order valence-corrected chi connectivity index (χ1v) is 10.7. The summed E-state index contributed by atoms with van der Waals surface area (Å²) in [6, 6.07) is 2.02. The van der Waals surface area contributed by atoms with E-state index in [0.29, 0.717) is 41.8 Å². The minimum absolute atomic E-state index is 0.0759. The maximum atomic E-state index is 12.7. The van der Waals surface area contributed by atoms with Crippen molar-refractivity contribution in [2.24, 2.45) is 5.92 Å². The summed E-state index contributed by atoms with van der Waals surface area (Å²) in [6.07, 6.45) is 0.191. The Morgan fingerprint density at radius 3 is 2.59 bits per heavy atom. The van der Waals surface area contributed by atoms with E-state index in [-0.39, 0.29) is 17.9 Å². The molecule has 0 saturated heterocycles. The Bertz CT molecular complexity index is 1190. The summed E-state index contributed by atoms with van der Waals surface area (Å²) in [5, 5.41) is 10.4. The third-order valence-electron chi connectivity index (χ3n) is 5.57. The number of amides is 1. The molecule has 1 atom stereocenters. The van der Waals surface area contributed by atoms with E-state index < -0.39 is 11.9 Å². The Hall–Kier alpha value is -3.70. The summed E-state index contributed by atoms with van der Waals surface area (Å²) in [6.45, 7) is 6.47. The summed E-state index contributed by atoms with van der Waals surface area (Å²) < 4.78 is 39.6. The summed E-state index contributed by atoms with van der Waals surface area (Å²) in [5.74, 6) is 1.10. The maximum absolute atomic E-state index is 12.7. The zero-order chi connectivity index (χ0) is 24.6. The van der Waals surface area contributed by atoms with Gasteiger partial charge < -0.3 is 15.5 Å². The van der Waals surface area contributed by atoms with Gasteiger partial charge in [-0.15, -0.1) is 0 Å². The third-order valence-corrected chi connectivity index (χ3v) is 5.57. The second kappa shape index (κ2) is 8.92. The van der Waals surface area contributed by atoms with Crippen LogP contribution in [0.3, 0.4) is 0 Å². The summed E-state index contributed by atoms with van der Waals surface area (Å²) in [5.41, 5.74) is 1.79. The molecule has 3 aromatic rings. The third kappa shape index (κ3) is 4.80. The van der Waals surface area contributed by atoms with E-state index in [1.165, 1.54) is 12.3 Å². The van der Waals surface area contributed by atoms with Gasteiger partial charge in [-0.1, -0.05) is 19.9 Å². The lowest BCUT2D eigenvalue weighted by Crippen LogP contribution is -2.49. The van der Waals surface area contributed by atoms with E-state index in [2.05, 4.69) is 30.7 Å². The lowest BCUT2D eigenvalue weighted by Gasteiger charge is -2.36. The highest BCUT2D eigenvalue weighted by molar-refractivity contribution is 6.03. The fourth-order valence-electron chi connectivity index (χ4n) is 3.93. The quantitative estimate of drug-likeness (QED) is 0.564. The van der Waals surface area contributed by atoms with E-state index in [4.69, 9.17) is 0 Å². The van der Waals surface area contributed by atoms with Crippen molar-refractivity contribution >= 4 is 23.4 Å². The standard InChI is InChI=1S/C22H25F3N8O/c1-12(2)18-20(34)30-17-13(3)29-21(31-19(17)32(18)4)27-8-15-9-28-33(11-15)10-14-5-6-16(26-7-14)22(23,24)25/h5-7,9,11-12,18H,8,10H2,1-4H3,(H,30,34)(H,27,29,31)/t18-/m0/s1. The monoisotopic (exact) mass is 474 g/mol. The highest BCUT2D eigenvalue weighted by Gasteiger charge is 2.35. The summed E-state index contributed by atoms with van der Waals surface area (Å²) in [7, 11) is 1.85. The Balaban J connectivity index is 1.43. The molecule has 3 aromatic heterocycles. The number of anilines is 3. The second-order valence-electron chi connectivity index (χ2n) is 8.57. The highest BCUT2D eigenvalue weighted by Crippen LogP contribution is 2.34. The molecule has 1 amide bonds. The number of likely N-dealkylation sites (N-methyl/N-ethyl adjacent to an activating group) is 1. The Morgan fingerprint density at radius 1 is 1.18 bits per heavy atom. The van der Waals surface area contributed by atoms with Gasteiger partial charge in [-0.2, -0.15) is 23.3 Å². The number of alkyl halides is 3. The Kier molecular flexibility index (Phi) is 6.15. The van der Waals surface area contributed by atoms with Gasteiger partial charge in [0.2, 0.25) is 11.9 Å². The van der Waals surface area contributed by atoms with Gasteiger partial charge in [-0.05, 0) is 24.5 Å². The fourth-order valence-corrected chi connectivity index (χ4v) is 3.93. The minimum Gasteiger partial charge on any atom is -0.350 e. The fraction of sp³-hybridized carbons (Fsp3) is 0.409. The number of carbonyl (C=O) groups excluding carboxylic acids is 1. The van der Waals surface area contributed by atoms with E-state index in [1.54, 1.807) is 17.1 Å². The van der Waals surface area contributed by atoms with Gasteiger partial charge in [-0.25, -0.2) is 4.98 Å². The number of hydrogen-bond donors (Lipinski definition) is 2. The molecule has 4 rings (SSSR count). The lowest BCUT2D eigenvalue weighted by atomic mass is 9.99. The lowest BCUT2D eigenvalue weighted by molar-refractivity contribution is -0.141. The van der Waals surface area contributed by atoms with Crippen LogP contribution in [0.2, 0.25) is 0 Å². The van der Waals surface area contributed by atoms with Gasteiger partial charge in [-0.3, -0.25) is 14.5 Å². The molecule has 1 aliphatic heterocycles. The number of pyridine rings is 1. The molecule has 9 nitrogen and oxygen atoms in total. The first kappa shape index (κ1) is 23.5. The Morgan fingerprint density at radius 2 is 1.94 bits per heavy atom. The van der Waals surface area contributed by atoms with E-state index in [1.807, 2.05) is 32.7 Å². The smallest absolute Gasteiger partial charge is 0.350 e. The molecular weight excluding hydrogens is 449 g/mol. The largest absolute Gasteiger partial charge is 0.433 e. The van der Waals surface area contributed by atoms with Gasteiger partial charge in [0.1, 0.15) is 17.4 Å². The molecule has 0 aromatic carbocycles. The molecule has 0 aliphatic carbocycles. The molecular formula is C22H25F3N8O. The normalized spacial score (nSPS) is 15.9. The van der Waals surface area contributed by atoms with Crippen molar-refractivity contribution in [1.29, 1.82) is 0 Å². The van der Waals surface area contributed by atoms with Crippen LogP contribution in [0, 0.1) is 12.8 Å². The van der Waals surface area contributed by atoms with Gasteiger partial charge in [0, 0.05) is 31.5 Å². The van der Waals surface area contributed by atoms with Crippen LogP contribution in [-0.2, 0) is 24.1 Å². The van der Waals surface area contributed by atoms with Crippen LogP contribution < -0.4 is 15.5 Å². The number of nitrogens with zero attached hydrogens (tertiary/aromatic N) is 6. The topological polar surface area (TPSA) is 101 Å². The zero-order valence-electron chi connectivity index (χ0n) is 19.2. The van der Waals surface area contributed by atoms with Gasteiger partial charge in [0.15, 0.2) is 5.82 Å². The zero-order valence-corrected chi connectivity index (χ0v) is 19.2. The molecule has 2 N–H and O–H groups in total. The predicted molar refractivity (Wildman–Crippen MR) is 120 cm³/mol. The first-order valence-electron chi connectivity index (χ1n) is 10.7. The Labute approximate surface area is 194 Å². The number of rotatable bonds is 6. The maximum Gasteiger partial charge on any atom is 0.433 e. The van der Waals surface area contributed by atoms with Crippen LogP contribution in [-0.4, -0.2) is 43.7 Å². The van der Waals surface area contributed by atoms with Crippen LogP contribution in [0.15, 0.2) is 30.7 Å². The minimum atomic E-state index is -4.46. The SMILES string of the molecule is Cc1nc(NCc2cnn(Cc3ccc(C(F)(F)F)nc3)c2)nc2c1NC(=O)[C@H](C(C)C)N2C. The van der Waals surface area contributed by atoms with Crippen LogP contribution in [0.5, 0.6) is 0 Å². The molecule has 0 bridgehead atoms. The highest BCUT2D eigenvalue weighted by atomic mass is 19.4. The van der Waals surface area contributed by atoms with Crippen molar-refractivity contribution < 1.29 is 18.0 Å². The van der Waals surface area contributed by atoms with E-state index in [0.717, 1.165) is 11.6 Å².